The van der Waals surface area contributed by atoms with E-state index in [2.05, 4.69) is 66.7 Å². The van der Waals surface area contributed by atoms with Crippen molar-refractivity contribution in [3.05, 3.63) is 101 Å². The Morgan fingerprint density at radius 3 is 1.67 bits per heavy atom. The van der Waals surface area contributed by atoms with E-state index in [1.807, 2.05) is 60.7 Å². The SMILES string of the molecule is [C-]#[N+]c1cnn(-c2ccccc2)c1N=Nc1c(C)nn(-c2nc(N)nc(-n3nc(C)c(N=Nc4c(C#N)cnn4-c4ccccc4)c3N)n2)c1N. The van der Waals surface area contributed by atoms with Crippen LogP contribution in [0.25, 0.3) is 28.1 Å². The Morgan fingerprint density at radius 1 is 0.667 bits per heavy atom. The Bertz CT molecular complexity index is 2380. The number of nitrogen functional groups attached to an aromatic ring is 3. The lowest BCUT2D eigenvalue weighted by Gasteiger charge is -2.07. The summed E-state index contributed by atoms with van der Waals surface area (Å²) in [6.45, 7) is 10.9. The number of nitriles is 1. The number of aryl methyl sites for hydroxylation is 2. The quantitative estimate of drug-likeness (QED) is 0.138. The number of para-hydroxylation sites is 2. The number of nitrogens with zero attached hydrogens (tertiary/aromatic N) is 17. The predicted octanol–water partition coefficient (Wildman–Crippen LogP) is 5.23. The molecular weight excluding hydrogens is 652 g/mol. The Balaban J connectivity index is 1.22. The molecule has 0 bridgehead atoms. The number of hydrogen-bond donors (Lipinski definition) is 3. The second kappa shape index (κ2) is 12.8. The third-order valence-electron chi connectivity index (χ3n) is 7.34. The summed E-state index contributed by atoms with van der Waals surface area (Å²) in [4.78, 5) is 16.4. The molecule has 0 amide bonds. The molecule has 0 aliphatic rings. The van der Waals surface area contributed by atoms with Gasteiger partial charge in [-0.25, -0.2) is 14.2 Å². The van der Waals surface area contributed by atoms with E-state index in [1.54, 1.807) is 13.8 Å². The Labute approximate surface area is 287 Å². The van der Waals surface area contributed by atoms with E-state index in [9.17, 15) is 5.26 Å². The fourth-order valence-corrected chi connectivity index (χ4v) is 4.92. The smallest absolute Gasteiger partial charge is 0.259 e. The highest BCUT2D eigenvalue weighted by Crippen LogP contribution is 2.35. The van der Waals surface area contributed by atoms with Crippen LogP contribution in [0.4, 0.5) is 46.3 Å². The normalized spacial score (nSPS) is 11.4. The van der Waals surface area contributed by atoms with Crippen LogP contribution in [0.5, 0.6) is 0 Å². The van der Waals surface area contributed by atoms with Gasteiger partial charge in [0.05, 0.1) is 41.7 Å². The Kier molecular flexibility index (Phi) is 7.91. The molecule has 0 fully saturated rings. The molecule has 7 rings (SSSR count). The van der Waals surface area contributed by atoms with E-state index < -0.39 is 0 Å². The van der Waals surface area contributed by atoms with Crippen LogP contribution in [0.2, 0.25) is 0 Å². The van der Waals surface area contributed by atoms with Gasteiger partial charge in [0.25, 0.3) is 17.6 Å². The number of benzene rings is 2. The molecule has 0 aliphatic heterocycles. The summed E-state index contributed by atoms with van der Waals surface area (Å²) in [5.41, 5.74) is 22.0. The van der Waals surface area contributed by atoms with Crippen LogP contribution in [-0.4, -0.2) is 54.1 Å². The van der Waals surface area contributed by atoms with Crippen LogP contribution in [-0.2, 0) is 0 Å². The molecule has 5 aromatic heterocycles. The number of anilines is 3. The highest BCUT2D eigenvalue weighted by Gasteiger charge is 2.22. The third-order valence-corrected chi connectivity index (χ3v) is 7.34. The lowest BCUT2D eigenvalue weighted by Crippen LogP contribution is -2.15. The van der Waals surface area contributed by atoms with Gasteiger partial charge >= 0.3 is 0 Å². The highest BCUT2D eigenvalue weighted by atomic mass is 15.5. The number of hydrogen-bond acceptors (Lipinski definition) is 15. The molecule has 20 heteroatoms. The zero-order valence-electron chi connectivity index (χ0n) is 26.8. The van der Waals surface area contributed by atoms with Crippen LogP contribution < -0.4 is 17.2 Å². The van der Waals surface area contributed by atoms with E-state index in [1.165, 1.54) is 31.1 Å². The van der Waals surface area contributed by atoms with Gasteiger partial charge in [0.15, 0.2) is 34.6 Å². The summed E-state index contributed by atoms with van der Waals surface area (Å²) in [7, 11) is 0. The maximum atomic E-state index is 9.65. The second-order valence-electron chi connectivity index (χ2n) is 10.6. The summed E-state index contributed by atoms with van der Waals surface area (Å²) in [6, 6.07) is 20.4. The van der Waals surface area contributed by atoms with Crippen molar-refractivity contribution in [1.29, 1.82) is 5.26 Å². The first-order valence-corrected chi connectivity index (χ1v) is 14.9. The van der Waals surface area contributed by atoms with E-state index >= 15 is 0 Å². The van der Waals surface area contributed by atoms with Gasteiger partial charge < -0.3 is 17.2 Å². The lowest BCUT2D eigenvalue weighted by atomic mass is 10.3. The first-order valence-electron chi connectivity index (χ1n) is 14.9. The first-order chi connectivity index (χ1) is 24.8. The summed E-state index contributed by atoms with van der Waals surface area (Å²) in [5, 5.41) is 44.4. The minimum absolute atomic E-state index is 0.0295. The largest absolute Gasteiger partial charge is 0.382 e. The molecule has 0 saturated carbocycles. The van der Waals surface area contributed by atoms with Gasteiger partial charge in [0, 0.05) is 0 Å². The zero-order valence-corrected chi connectivity index (χ0v) is 26.8. The van der Waals surface area contributed by atoms with Gasteiger partial charge in [0.2, 0.25) is 5.95 Å². The van der Waals surface area contributed by atoms with Crippen LogP contribution in [0.1, 0.15) is 17.0 Å². The van der Waals surface area contributed by atoms with Crippen LogP contribution in [0.15, 0.2) is 93.5 Å². The Morgan fingerprint density at radius 2 is 1.16 bits per heavy atom. The number of azo groups is 2. The molecule has 0 unspecified atom stereocenters. The van der Waals surface area contributed by atoms with E-state index in [-0.39, 0.29) is 63.7 Å². The van der Waals surface area contributed by atoms with Crippen molar-refractivity contribution < 1.29 is 0 Å². The molecule has 0 atom stereocenters. The van der Waals surface area contributed by atoms with Crippen molar-refractivity contribution in [2.24, 2.45) is 20.5 Å². The predicted molar refractivity (Wildman–Crippen MR) is 183 cm³/mol. The summed E-state index contributed by atoms with van der Waals surface area (Å²) in [5.74, 6) is 0.176. The van der Waals surface area contributed by atoms with Crippen LogP contribution >= 0.6 is 0 Å². The molecule has 0 radical (unpaired) electrons. The second-order valence-corrected chi connectivity index (χ2v) is 10.6. The average molecular weight is 677 g/mol. The van der Waals surface area contributed by atoms with Crippen molar-refractivity contribution >= 4 is 46.3 Å². The van der Waals surface area contributed by atoms with Crippen molar-refractivity contribution in [3.63, 3.8) is 0 Å². The van der Waals surface area contributed by atoms with E-state index in [0.717, 1.165) is 0 Å². The van der Waals surface area contributed by atoms with E-state index in [0.29, 0.717) is 22.8 Å². The van der Waals surface area contributed by atoms with Gasteiger partial charge in [-0.2, -0.15) is 50.0 Å². The molecule has 0 aliphatic carbocycles. The van der Waals surface area contributed by atoms with Gasteiger partial charge in [-0.05, 0) is 38.1 Å². The minimum atomic E-state index is -0.180. The van der Waals surface area contributed by atoms with Crippen molar-refractivity contribution in [1.82, 2.24) is 54.1 Å². The van der Waals surface area contributed by atoms with Gasteiger partial charge in [-0.1, -0.05) is 36.4 Å². The summed E-state index contributed by atoms with van der Waals surface area (Å²) < 4.78 is 5.42. The molecule has 0 saturated heterocycles. The first kappa shape index (κ1) is 31.5. The molecule has 6 N–H and O–H groups in total. The fourth-order valence-electron chi connectivity index (χ4n) is 4.92. The number of aromatic nitrogens is 11. The van der Waals surface area contributed by atoms with Gasteiger partial charge in [0.1, 0.15) is 11.6 Å². The molecule has 20 nitrogen and oxygen atoms in total. The van der Waals surface area contributed by atoms with Crippen LogP contribution in [0, 0.1) is 31.8 Å². The Hall–Kier alpha value is -8.13. The van der Waals surface area contributed by atoms with Gasteiger partial charge in [-0.3, -0.25) is 0 Å². The standard InChI is InChI=1S/C31H24N20/c1-17-23(42-44-27-19(14-32)15-37-48(27)20-10-6-4-7-11-20)25(33)50(46-17)30-39-29(35)40-31(41-30)51-26(34)24(18(2)47-51)43-45-28-22(36-3)16-38-49(28)21-12-8-5-9-13-21/h4-13,15-16H,33-34H2,1-2H3,(H2,35,39,40,41). The molecular formula is C31H24N20. The van der Waals surface area contributed by atoms with E-state index in [4.69, 9.17) is 23.8 Å². The topological polar surface area (TPSA) is 266 Å². The summed E-state index contributed by atoms with van der Waals surface area (Å²) >= 11 is 0. The molecule has 7 aromatic rings. The molecule has 2 aromatic carbocycles. The average Bonchev–Trinajstić information content (AvgIpc) is 3.90. The maximum absolute atomic E-state index is 9.65. The minimum Gasteiger partial charge on any atom is -0.382 e. The summed E-state index contributed by atoms with van der Waals surface area (Å²) in [6.07, 6.45) is 2.80. The highest BCUT2D eigenvalue weighted by molar-refractivity contribution is 5.67. The molecule has 5 heterocycles. The lowest BCUT2D eigenvalue weighted by molar-refractivity contribution is 0.748. The zero-order chi connectivity index (χ0) is 35.6. The van der Waals surface area contributed by atoms with Crippen molar-refractivity contribution in [3.8, 4) is 29.3 Å². The monoisotopic (exact) mass is 676 g/mol. The van der Waals surface area contributed by atoms with Gasteiger partial charge in [-0.15, -0.1) is 20.5 Å². The number of rotatable bonds is 8. The molecule has 0 spiro atoms. The van der Waals surface area contributed by atoms with Crippen LogP contribution in [0.3, 0.4) is 0 Å². The molecule has 51 heavy (non-hydrogen) atoms. The molecule has 248 valence electrons. The fraction of sp³-hybridized carbons (Fsp3) is 0.0645. The number of nitrogens with two attached hydrogens (primary N) is 3. The maximum Gasteiger partial charge on any atom is 0.259 e. The van der Waals surface area contributed by atoms with Crippen molar-refractivity contribution in [2.45, 2.75) is 13.8 Å². The van der Waals surface area contributed by atoms with Crippen molar-refractivity contribution in [2.75, 3.05) is 17.2 Å². The third kappa shape index (κ3) is 5.72.